The van der Waals surface area contributed by atoms with Gasteiger partial charge in [-0.1, -0.05) is 36.6 Å². The molecule has 152 valence electrons. The zero-order chi connectivity index (χ0) is 20.2. The summed E-state index contributed by atoms with van der Waals surface area (Å²) in [6.45, 7) is 1.62. The Labute approximate surface area is 172 Å². The lowest BCUT2D eigenvalue weighted by molar-refractivity contribution is -0.153. The fraction of sp³-hybridized carbons (Fsp3) is 0.429. The first kappa shape index (κ1) is 19.6. The van der Waals surface area contributed by atoms with E-state index in [1.54, 1.807) is 24.1 Å². The molecule has 2 heterocycles. The molecular formula is C21H23N3O4S. The van der Waals surface area contributed by atoms with E-state index in [1.165, 1.54) is 17.8 Å². The van der Waals surface area contributed by atoms with Crippen molar-refractivity contribution in [1.29, 1.82) is 0 Å². The van der Waals surface area contributed by atoms with E-state index in [0.717, 1.165) is 31.1 Å². The highest BCUT2D eigenvalue weighted by molar-refractivity contribution is 7.13. The second-order valence-corrected chi connectivity index (χ2v) is 8.12. The summed E-state index contributed by atoms with van der Waals surface area (Å²) in [6, 6.07) is 7.43. The molecule has 0 radical (unpaired) electrons. The number of aromatic nitrogens is 2. The zero-order valence-electron chi connectivity index (χ0n) is 16.2. The molecule has 1 amide bonds. The van der Waals surface area contributed by atoms with Gasteiger partial charge in [0.25, 0.3) is 5.91 Å². The molecule has 0 aliphatic heterocycles. The minimum atomic E-state index is -0.897. The average molecular weight is 413 g/mol. The highest BCUT2D eigenvalue weighted by Gasteiger charge is 2.33. The van der Waals surface area contributed by atoms with Crippen molar-refractivity contribution < 1.29 is 18.8 Å². The number of thiazole rings is 1. The minimum Gasteiger partial charge on any atom is -0.452 e. The number of esters is 1. The van der Waals surface area contributed by atoms with Gasteiger partial charge in [-0.3, -0.25) is 14.5 Å². The first-order valence-electron chi connectivity index (χ1n) is 9.89. The van der Waals surface area contributed by atoms with Gasteiger partial charge >= 0.3 is 5.97 Å². The maximum Gasteiger partial charge on any atom is 0.312 e. The number of hydrogen-bond acceptors (Lipinski definition) is 7. The quantitative estimate of drug-likeness (QED) is 0.565. The summed E-state index contributed by atoms with van der Waals surface area (Å²) < 4.78 is 10.7. The Morgan fingerprint density at radius 3 is 2.83 bits per heavy atom. The van der Waals surface area contributed by atoms with Crippen LogP contribution in [0.5, 0.6) is 0 Å². The van der Waals surface area contributed by atoms with Crippen molar-refractivity contribution in [1.82, 2.24) is 10.1 Å². The number of amides is 1. The van der Waals surface area contributed by atoms with Crippen LogP contribution < -0.4 is 4.90 Å². The molecule has 0 saturated heterocycles. The summed E-state index contributed by atoms with van der Waals surface area (Å²) in [5, 5.41) is 7.24. The van der Waals surface area contributed by atoms with Crippen LogP contribution >= 0.6 is 11.3 Å². The predicted molar refractivity (Wildman–Crippen MR) is 110 cm³/mol. The van der Waals surface area contributed by atoms with Gasteiger partial charge in [0.1, 0.15) is 5.69 Å². The fourth-order valence-corrected chi connectivity index (χ4v) is 4.51. The monoisotopic (exact) mass is 413 g/mol. The molecule has 1 aliphatic carbocycles. The molecule has 2 aromatic heterocycles. The zero-order valence-corrected chi connectivity index (χ0v) is 17.1. The third-order valence-electron chi connectivity index (χ3n) is 5.22. The number of fused-ring (bicyclic) bond motifs is 1. The summed E-state index contributed by atoms with van der Waals surface area (Å²) in [5.74, 6) is -0.738. The molecule has 0 unspecified atom stereocenters. The van der Waals surface area contributed by atoms with Crippen molar-refractivity contribution in [2.24, 2.45) is 0 Å². The third kappa shape index (κ3) is 4.32. The van der Waals surface area contributed by atoms with Crippen molar-refractivity contribution in [3.8, 4) is 0 Å². The first-order chi connectivity index (χ1) is 14.1. The molecule has 29 heavy (non-hydrogen) atoms. The molecule has 1 aliphatic rings. The van der Waals surface area contributed by atoms with Gasteiger partial charge in [-0.2, -0.15) is 0 Å². The number of anilines is 1. The maximum atomic E-state index is 13.2. The van der Waals surface area contributed by atoms with Gasteiger partial charge in [0.2, 0.25) is 0 Å². The fourth-order valence-electron chi connectivity index (χ4n) is 3.79. The lowest BCUT2D eigenvalue weighted by Gasteiger charge is -2.33. The largest absolute Gasteiger partial charge is 0.452 e. The van der Waals surface area contributed by atoms with Crippen LogP contribution in [0.15, 0.2) is 40.4 Å². The van der Waals surface area contributed by atoms with Crippen LogP contribution in [0.3, 0.4) is 0 Å². The molecule has 8 heteroatoms. The standard InChI is InChI=1S/C21H23N3O4S/c1-14(27-19(25)13-17-16-9-5-6-10-18(16)28-23-17)20(26)24(21-22-11-12-29-21)15-7-3-2-4-8-15/h5-6,9-12,14-15H,2-4,7-8,13H2,1H3/t14-/m1/s1. The highest BCUT2D eigenvalue weighted by atomic mass is 32.1. The van der Waals surface area contributed by atoms with Gasteiger partial charge in [0.05, 0.1) is 6.42 Å². The van der Waals surface area contributed by atoms with Crippen LogP contribution in [0.1, 0.15) is 44.7 Å². The molecule has 0 spiro atoms. The molecule has 1 aromatic carbocycles. The van der Waals surface area contributed by atoms with Crippen LogP contribution in [0.4, 0.5) is 5.13 Å². The van der Waals surface area contributed by atoms with Crippen molar-refractivity contribution in [3.05, 3.63) is 41.5 Å². The SMILES string of the molecule is C[C@@H](OC(=O)Cc1noc2ccccc12)C(=O)N(c1nccs1)C1CCCCC1. The van der Waals surface area contributed by atoms with E-state index in [2.05, 4.69) is 10.1 Å². The Kier molecular flexibility index (Phi) is 5.89. The van der Waals surface area contributed by atoms with Crippen molar-refractivity contribution >= 4 is 39.3 Å². The maximum absolute atomic E-state index is 13.2. The summed E-state index contributed by atoms with van der Waals surface area (Å²) >= 11 is 1.43. The molecule has 0 N–H and O–H groups in total. The number of hydrogen-bond donors (Lipinski definition) is 0. The lowest BCUT2D eigenvalue weighted by Crippen LogP contribution is -2.47. The summed E-state index contributed by atoms with van der Waals surface area (Å²) in [4.78, 5) is 31.7. The van der Waals surface area contributed by atoms with Crippen LogP contribution in [0.25, 0.3) is 11.0 Å². The molecule has 1 saturated carbocycles. The molecule has 1 fully saturated rings. The molecule has 3 aromatic rings. The van der Waals surface area contributed by atoms with Crippen LogP contribution in [-0.4, -0.2) is 34.2 Å². The smallest absolute Gasteiger partial charge is 0.312 e. The molecule has 1 atom stereocenters. The lowest BCUT2D eigenvalue weighted by atomic mass is 9.94. The second kappa shape index (κ2) is 8.73. The summed E-state index contributed by atoms with van der Waals surface area (Å²) in [5.41, 5.74) is 1.13. The van der Waals surface area contributed by atoms with Crippen LogP contribution in [-0.2, 0) is 20.7 Å². The van der Waals surface area contributed by atoms with Gasteiger partial charge in [-0.05, 0) is 31.9 Å². The Morgan fingerprint density at radius 2 is 2.07 bits per heavy atom. The number of carbonyl (C=O) groups is 2. The van der Waals surface area contributed by atoms with E-state index in [9.17, 15) is 9.59 Å². The molecule has 4 rings (SSSR count). The van der Waals surface area contributed by atoms with E-state index < -0.39 is 12.1 Å². The molecule has 0 bridgehead atoms. The topological polar surface area (TPSA) is 85.5 Å². The Bertz CT molecular complexity index is 979. The average Bonchev–Trinajstić information content (AvgIpc) is 3.40. The van der Waals surface area contributed by atoms with E-state index >= 15 is 0 Å². The summed E-state index contributed by atoms with van der Waals surface area (Å²) in [7, 11) is 0. The van der Waals surface area contributed by atoms with Crippen molar-refractivity contribution in [2.75, 3.05) is 4.90 Å². The van der Waals surface area contributed by atoms with Gasteiger partial charge in [0, 0.05) is 23.0 Å². The van der Waals surface area contributed by atoms with Crippen LogP contribution in [0.2, 0.25) is 0 Å². The number of nitrogens with zero attached hydrogens (tertiary/aromatic N) is 3. The molecule has 7 nitrogen and oxygen atoms in total. The Balaban J connectivity index is 1.45. The third-order valence-corrected chi connectivity index (χ3v) is 5.99. The van der Waals surface area contributed by atoms with E-state index in [-0.39, 0.29) is 18.4 Å². The second-order valence-electron chi connectivity index (χ2n) is 7.25. The summed E-state index contributed by atoms with van der Waals surface area (Å²) in [6.07, 6.45) is 6.00. The van der Waals surface area contributed by atoms with E-state index in [4.69, 9.17) is 9.26 Å². The number of carbonyl (C=O) groups excluding carboxylic acids is 2. The number of benzene rings is 1. The van der Waals surface area contributed by atoms with Crippen LogP contribution in [0, 0.1) is 0 Å². The Morgan fingerprint density at radius 1 is 1.28 bits per heavy atom. The van der Waals surface area contributed by atoms with Gasteiger partial charge in [-0.15, -0.1) is 11.3 Å². The van der Waals surface area contributed by atoms with E-state index in [1.807, 2.05) is 23.6 Å². The highest BCUT2D eigenvalue weighted by Crippen LogP contribution is 2.29. The van der Waals surface area contributed by atoms with Gasteiger partial charge in [0.15, 0.2) is 16.8 Å². The molecular weight excluding hydrogens is 390 g/mol. The predicted octanol–water partition coefficient (Wildman–Crippen LogP) is 4.12. The number of para-hydroxylation sites is 1. The van der Waals surface area contributed by atoms with Gasteiger partial charge in [-0.25, -0.2) is 4.98 Å². The van der Waals surface area contributed by atoms with Gasteiger partial charge < -0.3 is 9.26 Å². The minimum absolute atomic E-state index is 0.0463. The number of rotatable bonds is 6. The normalized spacial score (nSPS) is 15.9. The Hall–Kier alpha value is -2.74. The first-order valence-corrected chi connectivity index (χ1v) is 10.8. The number of ether oxygens (including phenoxy) is 1. The van der Waals surface area contributed by atoms with E-state index in [0.29, 0.717) is 16.4 Å². The van der Waals surface area contributed by atoms with Crippen molar-refractivity contribution in [2.45, 2.75) is 57.6 Å². The van der Waals surface area contributed by atoms with Crippen molar-refractivity contribution in [3.63, 3.8) is 0 Å².